The van der Waals surface area contributed by atoms with Gasteiger partial charge in [0.1, 0.15) is 0 Å². The molecule has 1 aromatic heterocycles. The molecule has 1 aliphatic rings. The Bertz CT molecular complexity index is 396. The summed E-state index contributed by atoms with van der Waals surface area (Å²) >= 11 is 0. The van der Waals surface area contributed by atoms with Crippen LogP contribution in [0.15, 0.2) is 6.20 Å². The standard InChI is InChI=1S/C12H19FN4O/c1-3-4-14-12-15-7-10(13)11(17-12)16-8-5-9(6-8)18-2/h7-9H,3-6H2,1-2H3,(H2,14,15,16,17). The molecule has 0 saturated heterocycles. The van der Waals surface area contributed by atoms with Gasteiger partial charge in [-0.1, -0.05) is 6.92 Å². The summed E-state index contributed by atoms with van der Waals surface area (Å²) in [6.45, 7) is 2.83. The number of nitrogens with zero attached hydrogens (tertiary/aromatic N) is 2. The topological polar surface area (TPSA) is 59.1 Å². The first-order valence-electron chi connectivity index (χ1n) is 6.28. The van der Waals surface area contributed by atoms with E-state index in [0.29, 0.717) is 5.95 Å². The van der Waals surface area contributed by atoms with E-state index in [2.05, 4.69) is 27.5 Å². The number of aromatic nitrogens is 2. The number of methoxy groups -OCH3 is 1. The van der Waals surface area contributed by atoms with Gasteiger partial charge in [-0.15, -0.1) is 0 Å². The van der Waals surface area contributed by atoms with Gasteiger partial charge < -0.3 is 15.4 Å². The van der Waals surface area contributed by atoms with E-state index in [-0.39, 0.29) is 18.0 Å². The molecule has 0 aliphatic heterocycles. The summed E-state index contributed by atoms with van der Waals surface area (Å²) in [7, 11) is 1.69. The van der Waals surface area contributed by atoms with Crippen LogP contribution in [0.1, 0.15) is 26.2 Å². The first-order chi connectivity index (χ1) is 8.72. The molecule has 1 aromatic rings. The lowest BCUT2D eigenvalue weighted by atomic mass is 9.89. The molecule has 2 N–H and O–H groups in total. The van der Waals surface area contributed by atoms with Crippen molar-refractivity contribution in [1.29, 1.82) is 0 Å². The van der Waals surface area contributed by atoms with Crippen LogP contribution in [0.4, 0.5) is 16.2 Å². The zero-order chi connectivity index (χ0) is 13.0. The molecule has 0 bridgehead atoms. The number of halogens is 1. The lowest BCUT2D eigenvalue weighted by Crippen LogP contribution is -2.40. The molecule has 0 unspecified atom stereocenters. The number of anilines is 2. The van der Waals surface area contributed by atoms with Crippen LogP contribution in [0, 0.1) is 5.82 Å². The molecule has 0 aromatic carbocycles. The minimum Gasteiger partial charge on any atom is -0.381 e. The highest BCUT2D eigenvalue weighted by Gasteiger charge is 2.29. The summed E-state index contributed by atoms with van der Waals surface area (Å²) < 4.78 is 18.7. The number of hydrogen-bond donors (Lipinski definition) is 2. The Morgan fingerprint density at radius 1 is 1.50 bits per heavy atom. The second-order valence-corrected chi connectivity index (χ2v) is 4.49. The predicted molar refractivity (Wildman–Crippen MR) is 68.2 cm³/mol. The van der Waals surface area contributed by atoms with Crippen LogP contribution < -0.4 is 10.6 Å². The smallest absolute Gasteiger partial charge is 0.224 e. The van der Waals surface area contributed by atoms with Crippen molar-refractivity contribution in [2.45, 2.75) is 38.3 Å². The van der Waals surface area contributed by atoms with E-state index >= 15 is 0 Å². The number of ether oxygens (including phenoxy) is 1. The molecule has 1 heterocycles. The predicted octanol–water partition coefficient (Wildman–Crippen LogP) is 2.03. The second kappa shape index (κ2) is 5.95. The fourth-order valence-corrected chi connectivity index (χ4v) is 1.86. The molecule has 18 heavy (non-hydrogen) atoms. The van der Waals surface area contributed by atoms with E-state index in [4.69, 9.17) is 4.74 Å². The Labute approximate surface area is 106 Å². The molecule has 0 spiro atoms. The third kappa shape index (κ3) is 3.07. The molecule has 0 amide bonds. The maximum Gasteiger partial charge on any atom is 0.224 e. The third-order valence-electron chi connectivity index (χ3n) is 3.05. The molecule has 1 saturated carbocycles. The van der Waals surface area contributed by atoms with Crippen LogP contribution in [-0.4, -0.2) is 35.8 Å². The van der Waals surface area contributed by atoms with Gasteiger partial charge in [-0.05, 0) is 19.3 Å². The average molecular weight is 254 g/mol. The molecule has 5 nitrogen and oxygen atoms in total. The van der Waals surface area contributed by atoms with Crippen molar-refractivity contribution in [2.75, 3.05) is 24.3 Å². The second-order valence-electron chi connectivity index (χ2n) is 4.49. The van der Waals surface area contributed by atoms with Crippen LogP contribution >= 0.6 is 0 Å². The summed E-state index contributed by atoms with van der Waals surface area (Å²) in [5.74, 6) is 0.310. The summed E-state index contributed by atoms with van der Waals surface area (Å²) in [4.78, 5) is 8.03. The van der Waals surface area contributed by atoms with E-state index < -0.39 is 5.82 Å². The first-order valence-corrected chi connectivity index (χ1v) is 6.28. The maximum absolute atomic E-state index is 13.5. The van der Waals surface area contributed by atoms with Crippen molar-refractivity contribution in [3.05, 3.63) is 12.0 Å². The highest BCUT2D eigenvalue weighted by Crippen LogP contribution is 2.26. The minimum absolute atomic E-state index is 0.235. The summed E-state index contributed by atoms with van der Waals surface area (Å²) in [5.41, 5.74) is 0. The monoisotopic (exact) mass is 254 g/mol. The number of nitrogens with one attached hydrogen (secondary N) is 2. The van der Waals surface area contributed by atoms with Crippen LogP contribution in [0.2, 0.25) is 0 Å². The molecule has 2 rings (SSSR count). The highest BCUT2D eigenvalue weighted by molar-refractivity contribution is 5.42. The van der Waals surface area contributed by atoms with Gasteiger partial charge in [0, 0.05) is 19.7 Å². The zero-order valence-electron chi connectivity index (χ0n) is 10.7. The number of hydrogen-bond acceptors (Lipinski definition) is 5. The summed E-state index contributed by atoms with van der Waals surface area (Å²) in [6.07, 6.45) is 4.22. The van der Waals surface area contributed by atoms with Crippen molar-refractivity contribution in [3.63, 3.8) is 0 Å². The van der Waals surface area contributed by atoms with Crippen molar-refractivity contribution < 1.29 is 9.13 Å². The van der Waals surface area contributed by atoms with E-state index in [1.54, 1.807) is 7.11 Å². The van der Waals surface area contributed by atoms with Crippen LogP contribution in [0.3, 0.4) is 0 Å². The van der Waals surface area contributed by atoms with E-state index in [1.165, 1.54) is 6.20 Å². The van der Waals surface area contributed by atoms with Crippen LogP contribution in [-0.2, 0) is 4.74 Å². The molecular formula is C12H19FN4O. The van der Waals surface area contributed by atoms with Crippen molar-refractivity contribution >= 4 is 11.8 Å². The van der Waals surface area contributed by atoms with Crippen molar-refractivity contribution in [2.24, 2.45) is 0 Å². The average Bonchev–Trinajstić information content (AvgIpc) is 2.33. The molecule has 6 heteroatoms. The molecule has 1 aliphatic carbocycles. The van der Waals surface area contributed by atoms with Gasteiger partial charge in [0.2, 0.25) is 5.95 Å². The molecule has 100 valence electrons. The largest absolute Gasteiger partial charge is 0.381 e. The van der Waals surface area contributed by atoms with Crippen LogP contribution in [0.25, 0.3) is 0 Å². The quantitative estimate of drug-likeness (QED) is 0.813. The van der Waals surface area contributed by atoms with E-state index in [9.17, 15) is 4.39 Å². The Hall–Kier alpha value is -1.43. The molecule has 1 fully saturated rings. The van der Waals surface area contributed by atoms with Gasteiger partial charge in [0.15, 0.2) is 11.6 Å². The lowest BCUT2D eigenvalue weighted by molar-refractivity contribution is 0.0327. The first kappa shape index (κ1) is 13.0. The minimum atomic E-state index is -0.419. The Kier molecular flexibility index (Phi) is 4.30. The Morgan fingerprint density at radius 2 is 2.28 bits per heavy atom. The van der Waals surface area contributed by atoms with E-state index in [1.807, 2.05) is 0 Å². The van der Waals surface area contributed by atoms with Gasteiger partial charge in [0.05, 0.1) is 12.3 Å². The molecular weight excluding hydrogens is 235 g/mol. The summed E-state index contributed by atoms with van der Waals surface area (Å²) in [6, 6.07) is 0.235. The highest BCUT2D eigenvalue weighted by atomic mass is 19.1. The molecule has 0 radical (unpaired) electrons. The maximum atomic E-state index is 13.5. The number of rotatable bonds is 6. The van der Waals surface area contributed by atoms with Gasteiger partial charge in [-0.3, -0.25) is 0 Å². The Morgan fingerprint density at radius 3 is 2.94 bits per heavy atom. The van der Waals surface area contributed by atoms with Crippen molar-refractivity contribution in [3.8, 4) is 0 Å². The Balaban J connectivity index is 1.94. The fraction of sp³-hybridized carbons (Fsp3) is 0.667. The molecule has 0 atom stereocenters. The van der Waals surface area contributed by atoms with Gasteiger partial charge in [0.25, 0.3) is 0 Å². The van der Waals surface area contributed by atoms with Crippen molar-refractivity contribution in [1.82, 2.24) is 9.97 Å². The van der Waals surface area contributed by atoms with Gasteiger partial charge in [-0.25, -0.2) is 9.37 Å². The fourth-order valence-electron chi connectivity index (χ4n) is 1.86. The van der Waals surface area contributed by atoms with Crippen LogP contribution in [0.5, 0.6) is 0 Å². The van der Waals surface area contributed by atoms with Gasteiger partial charge >= 0.3 is 0 Å². The third-order valence-corrected chi connectivity index (χ3v) is 3.05. The van der Waals surface area contributed by atoms with Gasteiger partial charge in [-0.2, -0.15) is 4.98 Å². The normalized spacial score (nSPS) is 22.4. The lowest BCUT2D eigenvalue weighted by Gasteiger charge is -2.34. The zero-order valence-corrected chi connectivity index (χ0v) is 10.7. The summed E-state index contributed by atoms with van der Waals surface area (Å²) in [5, 5.41) is 6.12. The SMILES string of the molecule is CCCNc1ncc(F)c(NC2CC(OC)C2)n1. The van der Waals surface area contributed by atoms with E-state index in [0.717, 1.165) is 25.8 Å².